The van der Waals surface area contributed by atoms with E-state index in [-0.39, 0.29) is 17.8 Å². The summed E-state index contributed by atoms with van der Waals surface area (Å²) >= 11 is 0. The van der Waals surface area contributed by atoms with Crippen LogP contribution in [0.25, 0.3) is 0 Å². The van der Waals surface area contributed by atoms with Crippen LogP contribution in [0.5, 0.6) is 5.75 Å². The van der Waals surface area contributed by atoms with E-state index in [0.29, 0.717) is 11.4 Å². The molecule has 0 bridgehead atoms. The van der Waals surface area contributed by atoms with Crippen LogP contribution < -0.4 is 20.7 Å². The molecule has 0 aliphatic rings. The lowest BCUT2D eigenvalue weighted by atomic mass is 10.2. The Morgan fingerprint density at radius 2 is 1.82 bits per heavy atom. The van der Waals surface area contributed by atoms with Crippen molar-refractivity contribution in [1.82, 2.24) is 10.6 Å². The lowest BCUT2D eigenvalue weighted by Gasteiger charge is -2.14. The Morgan fingerprint density at radius 3 is 2.50 bits per heavy atom. The van der Waals surface area contributed by atoms with Gasteiger partial charge in [-0.1, -0.05) is 12.1 Å². The highest BCUT2D eigenvalue weighted by Crippen LogP contribution is 2.24. The van der Waals surface area contributed by atoms with Crippen LogP contribution in [0.3, 0.4) is 0 Å². The number of esters is 1. The van der Waals surface area contributed by atoms with Crippen LogP contribution in [-0.4, -0.2) is 54.9 Å². The Labute approximate surface area is 194 Å². The van der Waals surface area contributed by atoms with E-state index in [4.69, 9.17) is 9.47 Å². The van der Waals surface area contributed by atoms with Crippen LogP contribution in [0.2, 0.25) is 0 Å². The quantitative estimate of drug-likeness (QED) is 0.265. The molecule has 2 rings (SSSR count). The van der Waals surface area contributed by atoms with Gasteiger partial charge in [0.1, 0.15) is 11.8 Å². The molecule has 0 aromatic heterocycles. The van der Waals surface area contributed by atoms with Crippen molar-refractivity contribution >= 4 is 35.1 Å². The highest BCUT2D eigenvalue weighted by atomic mass is 16.6. The van der Waals surface area contributed by atoms with Gasteiger partial charge in [-0.15, -0.1) is 0 Å². The minimum absolute atomic E-state index is 0.0113. The second kappa shape index (κ2) is 11.9. The van der Waals surface area contributed by atoms with E-state index in [1.54, 1.807) is 12.1 Å². The first-order chi connectivity index (χ1) is 16.1. The van der Waals surface area contributed by atoms with Gasteiger partial charge in [0.2, 0.25) is 5.91 Å². The van der Waals surface area contributed by atoms with Crippen LogP contribution >= 0.6 is 0 Å². The molecule has 180 valence electrons. The smallest absolute Gasteiger partial charge is 0.328 e. The van der Waals surface area contributed by atoms with E-state index in [1.807, 2.05) is 13.0 Å². The Bertz CT molecular complexity index is 1100. The number of methoxy groups -OCH3 is 1. The molecule has 0 spiro atoms. The van der Waals surface area contributed by atoms with Crippen LogP contribution in [0.1, 0.15) is 22.8 Å². The number of non-ortho nitro benzene ring substituents is 1. The summed E-state index contributed by atoms with van der Waals surface area (Å²) in [7, 11) is 1.46. The molecule has 0 radical (unpaired) electrons. The van der Waals surface area contributed by atoms with Crippen LogP contribution in [0.4, 0.5) is 11.4 Å². The van der Waals surface area contributed by atoms with Gasteiger partial charge in [0.25, 0.3) is 17.5 Å². The highest BCUT2D eigenvalue weighted by Gasteiger charge is 2.20. The molecule has 0 heterocycles. The van der Waals surface area contributed by atoms with E-state index in [1.165, 1.54) is 32.2 Å². The first-order valence-corrected chi connectivity index (χ1v) is 10.0. The van der Waals surface area contributed by atoms with Gasteiger partial charge in [-0.25, -0.2) is 4.79 Å². The lowest BCUT2D eigenvalue weighted by Crippen LogP contribution is -2.41. The van der Waals surface area contributed by atoms with Crippen LogP contribution in [-0.2, 0) is 19.1 Å². The predicted molar refractivity (Wildman–Crippen MR) is 120 cm³/mol. The Kier molecular flexibility index (Phi) is 9.06. The summed E-state index contributed by atoms with van der Waals surface area (Å²) in [5, 5.41) is 18.1. The first-order valence-electron chi connectivity index (χ1n) is 10.0. The molecule has 3 amide bonds. The second-order valence-corrected chi connectivity index (χ2v) is 7.14. The number of nitrogens with one attached hydrogen (secondary N) is 3. The maximum absolute atomic E-state index is 12.2. The maximum Gasteiger partial charge on any atom is 0.328 e. The Morgan fingerprint density at radius 1 is 1.09 bits per heavy atom. The summed E-state index contributed by atoms with van der Waals surface area (Å²) in [6.45, 7) is 2.14. The van der Waals surface area contributed by atoms with Crippen molar-refractivity contribution in [2.24, 2.45) is 0 Å². The molecule has 2 aromatic rings. The molecule has 0 aliphatic carbocycles. The molecular weight excluding hydrogens is 448 g/mol. The zero-order valence-corrected chi connectivity index (χ0v) is 18.7. The van der Waals surface area contributed by atoms with E-state index in [9.17, 15) is 29.3 Å². The number of benzene rings is 2. The molecule has 0 fully saturated rings. The largest absolute Gasteiger partial charge is 0.495 e. The number of nitro groups is 1. The van der Waals surface area contributed by atoms with E-state index in [2.05, 4.69) is 16.0 Å². The third-order valence-corrected chi connectivity index (χ3v) is 4.44. The summed E-state index contributed by atoms with van der Waals surface area (Å²) in [5.74, 6) is -2.40. The molecule has 0 saturated carbocycles. The first kappa shape index (κ1) is 25.8. The molecule has 1 atom stereocenters. The molecule has 12 heteroatoms. The Balaban J connectivity index is 1.77. The number of aryl methyl sites for hydroxylation is 1. The fourth-order valence-corrected chi connectivity index (χ4v) is 2.71. The molecule has 12 nitrogen and oxygen atoms in total. The van der Waals surface area contributed by atoms with Crippen molar-refractivity contribution in [3.63, 3.8) is 0 Å². The summed E-state index contributed by atoms with van der Waals surface area (Å²) in [6.07, 6.45) is 0. The predicted octanol–water partition coefficient (Wildman–Crippen LogP) is 1.33. The average molecular weight is 472 g/mol. The molecule has 34 heavy (non-hydrogen) atoms. The molecule has 3 N–H and O–H groups in total. The zero-order chi connectivity index (χ0) is 25.3. The van der Waals surface area contributed by atoms with Crippen molar-refractivity contribution in [2.75, 3.05) is 25.6 Å². The fraction of sp³-hybridized carbons (Fsp3) is 0.273. The van der Waals surface area contributed by atoms with Gasteiger partial charge in [-0.3, -0.25) is 24.5 Å². The molecule has 0 saturated heterocycles. The number of anilines is 1. The number of nitrogens with zero attached hydrogens (tertiary/aromatic N) is 1. The summed E-state index contributed by atoms with van der Waals surface area (Å²) < 4.78 is 10.0. The number of hydrogen-bond donors (Lipinski definition) is 3. The number of amides is 3. The lowest BCUT2D eigenvalue weighted by molar-refractivity contribution is -0.384. The molecule has 1 unspecified atom stereocenters. The van der Waals surface area contributed by atoms with Gasteiger partial charge >= 0.3 is 5.97 Å². The Hall–Kier alpha value is -4.48. The summed E-state index contributed by atoms with van der Waals surface area (Å²) in [6, 6.07) is 9.08. The minimum Gasteiger partial charge on any atom is -0.495 e. The standard InChI is InChI=1S/C22H24N4O8/c1-13-7-8-18(33-3)17(9-13)25-19(27)11-23-20(28)12-34-22(30)14(2)24-21(29)15-5-4-6-16(10-15)26(31)32/h4-10,14H,11-12H2,1-3H3,(H,23,28)(H,24,29)(H,25,27). The zero-order valence-electron chi connectivity index (χ0n) is 18.7. The normalized spacial score (nSPS) is 11.0. The SMILES string of the molecule is COc1ccc(C)cc1NC(=O)CNC(=O)COC(=O)C(C)NC(=O)c1cccc([N+](=O)[O-])c1. The number of carbonyl (C=O) groups is 4. The van der Waals surface area contributed by atoms with Crippen molar-refractivity contribution in [3.05, 3.63) is 63.7 Å². The average Bonchev–Trinajstić information content (AvgIpc) is 2.81. The van der Waals surface area contributed by atoms with Crippen LogP contribution in [0.15, 0.2) is 42.5 Å². The fourth-order valence-electron chi connectivity index (χ4n) is 2.71. The van der Waals surface area contributed by atoms with Gasteiger partial charge in [0.15, 0.2) is 6.61 Å². The van der Waals surface area contributed by atoms with Gasteiger partial charge in [0, 0.05) is 17.7 Å². The highest BCUT2D eigenvalue weighted by molar-refractivity contribution is 5.98. The topological polar surface area (TPSA) is 166 Å². The number of rotatable bonds is 10. The van der Waals surface area contributed by atoms with Crippen LogP contribution in [0, 0.1) is 17.0 Å². The summed E-state index contributed by atoms with van der Waals surface area (Å²) in [4.78, 5) is 58.4. The molecule has 0 aliphatic heterocycles. The van der Waals surface area contributed by atoms with Crippen molar-refractivity contribution < 1.29 is 33.6 Å². The summed E-state index contributed by atoms with van der Waals surface area (Å²) in [5.41, 5.74) is 1.06. The number of ether oxygens (including phenoxy) is 2. The third kappa shape index (κ3) is 7.58. The van der Waals surface area contributed by atoms with Crippen molar-refractivity contribution in [2.45, 2.75) is 19.9 Å². The molecular formula is C22H24N4O8. The number of carbonyl (C=O) groups excluding carboxylic acids is 4. The maximum atomic E-state index is 12.2. The van der Waals surface area contributed by atoms with Crippen molar-refractivity contribution in [1.29, 1.82) is 0 Å². The second-order valence-electron chi connectivity index (χ2n) is 7.14. The van der Waals surface area contributed by atoms with Gasteiger partial charge in [-0.05, 0) is 37.6 Å². The monoisotopic (exact) mass is 472 g/mol. The third-order valence-electron chi connectivity index (χ3n) is 4.44. The van der Waals surface area contributed by atoms with Gasteiger partial charge < -0.3 is 25.4 Å². The molecule has 2 aromatic carbocycles. The van der Waals surface area contributed by atoms with Gasteiger partial charge in [-0.2, -0.15) is 0 Å². The van der Waals surface area contributed by atoms with Gasteiger partial charge in [0.05, 0.1) is 24.3 Å². The van der Waals surface area contributed by atoms with E-state index >= 15 is 0 Å². The van der Waals surface area contributed by atoms with E-state index < -0.39 is 41.3 Å². The van der Waals surface area contributed by atoms with E-state index in [0.717, 1.165) is 11.6 Å². The number of nitro benzene ring substituents is 1. The minimum atomic E-state index is -1.13. The van der Waals surface area contributed by atoms with Crippen molar-refractivity contribution in [3.8, 4) is 5.75 Å². The number of hydrogen-bond acceptors (Lipinski definition) is 8.